The maximum absolute atomic E-state index is 13.6. The molecule has 218 valence electrons. The number of allylic oxidation sites excluding steroid dienone is 1. The number of rotatable bonds is 7. The predicted octanol–water partition coefficient (Wildman–Crippen LogP) is 3.53. The Kier molecular flexibility index (Phi) is 7.93. The van der Waals surface area contributed by atoms with E-state index in [-0.39, 0.29) is 24.6 Å². The van der Waals surface area contributed by atoms with Gasteiger partial charge in [-0.2, -0.15) is 0 Å². The van der Waals surface area contributed by atoms with E-state index in [1.165, 1.54) is 22.9 Å². The number of hydrogen-bond donors (Lipinski definition) is 2. The van der Waals surface area contributed by atoms with Crippen molar-refractivity contribution < 1.29 is 18.4 Å². The third kappa shape index (κ3) is 6.00. The second-order valence-corrected chi connectivity index (χ2v) is 10.6. The molecule has 0 atom stereocenters. The van der Waals surface area contributed by atoms with Crippen LogP contribution in [0.15, 0.2) is 83.9 Å². The van der Waals surface area contributed by atoms with Gasteiger partial charge in [-0.3, -0.25) is 19.4 Å². The lowest BCUT2D eigenvalue weighted by Crippen LogP contribution is -2.46. The van der Waals surface area contributed by atoms with E-state index in [0.717, 1.165) is 53.2 Å². The summed E-state index contributed by atoms with van der Waals surface area (Å²) in [5, 5.41) is 6.07. The van der Waals surface area contributed by atoms with E-state index >= 15 is 0 Å². The van der Waals surface area contributed by atoms with Gasteiger partial charge in [0.15, 0.2) is 11.6 Å². The molecule has 6 rings (SSSR count). The number of carbonyl (C=O) groups is 2. The largest absolute Gasteiger partial charge is 0.348 e. The van der Waals surface area contributed by atoms with Gasteiger partial charge >= 0.3 is 0 Å². The molecular formula is C33H29F2N5O3. The van der Waals surface area contributed by atoms with Gasteiger partial charge in [0.05, 0.1) is 17.8 Å². The van der Waals surface area contributed by atoms with E-state index in [9.17, 15) is 23.2 Å². The molecule has 2 aromatic heterocycles. The molecule has 0 saturated carbocycles. The first-order chi connectivity index (χ1) is 20.9. The molecule has 2 aliphatic rings. The molecule has 4 aromatic rings. The topological polar surface area (TPSA) is 96.3 Å². The van der Waals surface area contributed by atoms with Gasteiger partial charge in [-0.05, 0) is 58.7 Å². The van der Waals surface area contributed by atoms with E-state index in [1.807, 2.05) is 35.2 Å². The van der Waals surface area contributed by atoms with Crippen molar-refractivity contribution in [2.45, 2.75) is 19.5 Å². The smallest absolute Gasteiger partial charge is 0.263 e. The molecule has 0 radical (unpaired) electrons. The second kappa shape index (κ2) is 12.1. The molecule has 10 heteroatoms. The Morgan fingerprint density at radius 3 is 2.60 bits per heavy atom. The van der Waals surface area contributed by atoms with Gasteiger partial charge in [0, 0.05) is 57.1 Å². The number of hydrogen-bond acceptors (Lipinski definition) is 5. The zero-order valence-corrected chi connectivity index (χ0v) is 23.3. The summed E-state index contributed by atoms with van der Waals surface area (Å²) >= 11 is 0. The summed E-state index contributed by atoms with van der Waals surface area (Å²) < 4.78 is 28.2. The first-order valence-electron chi connectivity index (χ1n) is 14.1. The fraction of sp³-hybridized carbons (Fsp3) is 0.212. The summed E-state index contributed by atoms with van der Waals surface area (Å²) in [6.07, 6.45) is 5.91. The van der Waals surface area contributed by atoms with Crippen LogP contribution in [0.3, 0.4) is 0 Å². The molecule has 0 spiro atoms. The molecule has 3 heterocycles. The average Bonchev–Trinajstić information content (AvgIpc) is 3.46. The van der Waals surface area contributed by atoms with Crippen LogP contribution in [0, 0.1) is 11.6 Å². The number of aromatic nitrogens is 2. The summed E-state index contributed by atoms with van der Waals surface area (Å²) in [7, 11) is 0. The van der Waals surface area contributed by atoms with Crippen molar-refractivity contribution in [2.24, 2.45) is 0 Å². The maximum atomic E-state index is 13.6. The minimum absolute atomic E-state index is 0.00675. The van der Waals surface area contributed by atoms with E-state index in [4.69, 9.17) is 0 Å². The lowest BCUT2D eigenvalue weighted by molar-refractivity contribution is 0.0735. The Morgan fingerprint density at radius 2 is 1.79 bits per heavy atom. The molecule has 2 N–H and O–H groups in total. The molecule has 0 bridgehead atoms. The predicted molar refractivity (Wildman–Crippen MR) is 158 cm³/mol. The molecule has 1 fully saturated rings. The van der Waals surface area contributed by atoms with E-state index in [0.29, 0.717) is 30.6 Å². The number of piperazine rings is 1. The molecule has 1 aliphatic heterocycles. The molecule has 1 aliphatic carbocycles. The van der Waals surface area contributed by atoms with Crippen LogP contribution < -0.4 is 16.2 Å². The lowest BCUT2D eigenvalue weighted by Gasteiger charge is -2.27. The number of fused-ring (bicyclic) bond motifs is 1. The summed E-state index contributed by atoms with van der Waals surface area (Å²) in [5.74, 6) is -2.53. The lowest BCUT2D eigenvalue weighted by atomic mass is 9.98. The zero-order chi connectivity index (χ0) is 29.9. The summed E-state index contributed by atoms with van der Waals surface area (Å²) in [6.45, 7) is 3.05. The molecule has 2 aromatic carbocycles. The van der Waals surface area contributed by atoms with Crippen LogP contribution in [-0.4, -0.2) is 52.4 Å². The minimum atomic E-state index is -1.00. The van der Waals surface area contributed by atoms with Gasteiger partial charge in [0.25, 0.3) is 17.4 Å². The van der Waals surface area contributed by atoms with Gasteiger partial charge in [-0.15, -0.1) is 0 Å². The fourth-order valence-corrected chi connectivity index (χ4v) is 5.43. The molecule has 8 nitrogen and oxygen atoms in total. The van der Waals surface area contributed by atoms with E-state index in [2.05, 4.69) is 21.7 Å². The Bertz CT molecular complexity index is 1810. The van der Waals surface area contributed by atoms with Crippen molar-refractivity contribution in [3.05, 3.63) is 140 Å². The first-order valence-corrected chi connectivity index (χ1v) is 14.1. The average molecular weight is 582 g/mol. The van der Waals surface area contributed by atoms with Crippen LogP contribution in [0.2, 0.25) is 0 Å². The van der Waals surface area contributed by atoms with Crippen LogP contribution in [-0.2, 0) is 19.5 Å². The SMILES string of the molecule is O=C(NCc1cccc(C2=CCc3ncc(C(=O)N4CCNCC4)cc32)c1)c1cccn(Cc2ccc(F)c(F)c2)c1=O. The van der Waals surface area contributed by atoms with Gasteiger partial charge in [-0.1, -0.05) is 30.3 Å². The second-order valence-electron chi connectivity index (χ2n) is 10.6. The number of carbonyl (C=O) groups excluding carboxylic acids is 2. The number of halogens is 2. The molecule has 2 amide bonds. The molecule has 0 unspecified atom stereocenters. The third-order valence-electron chi connectivity index (χ3n) is 7.70. The summed E-state index contributed by atoms with van der Waals surface area (Å²) in [4.78, 5) is 45.5. The first kappa shape index (κ1) is 28.2. The Hall–Kier alpha value is -4.96. The highest BCUT2D eigenvalue weighted by molar-refractivity contribution is 5.96. The molecule has 43 heavy (non-hydrogen) atoms. The van der Waals surface area contributed by atoms with Crippen LogP contribution in [0.4, 0.5) is 8.78 Å². The van der Waals surface area contributed by atoms with Crippen molar-refractivity contribution in [3.8, 4) is 0 Å². The van der Waals surface area contributed by atoms with Gasteiger partial charge in [0.1, 0.15) is 5.56 Å². The summed E-state index contributed by atoms with van der Waals surface area (Å²) in [6, 6.07) is 16.1. The monoisotopic (exact) mass is 581 g/mol. The standard InChI is InChI=1S/C33H29F2N5O3/c34-28-8-6-22(16-29(28)35)20-40-12-2-5-26(33(40)43)31(41)38-18-21-3-1-4-23(15-21)25-7-9-30-27(25)17-24(19-37-30)32(42)39-13-10-36-11-14-39/h1-8,12,15-17,19,36H,9-11,13-14,18,20H2,(H,38,41). The highest BCUT2D eigenvalue weighted by Crippen LogP contribution is 2.33. The number of nitrogens with zero attached hydrogens (tertiary/aromatic N) is 3. The van der Waals surface area contributed by atoms with Crippen LogP contribution in [0.5, 0.6) is 0 Å². The maximum Gasteiger partial charge on any atom is 0.263 e. The van der Waals surface area contributed by atoms with Crippen molar-refractivity contribution >= 4 is 17.4 Å². The molecular weight excluding hydrogens is 552 g/mol. The van der Waals surface area contributed by atoms with Crippen LogP contribution in [0.25, 0.3) is 5.57 Å². The number of benzene rings is 2. The highest BCUT2D eigenvalue weighted by atomic mass is 19.2. The van der Waals surface area contributed by atoms with Crippen molar-refractivity contribution in [1.29, 1.82) is 0 Å². The zero-order valence-electron chi connectivity index (χ0n) is 23.3. The number of nitrogens with one attached hydrogen (secondary N) is 2. The third-order valence-corrected chi connectivity index (χ3v) is 7.70. The Labute approximate surface area is 246 Å². The summed E-state index contributed by atoms with van der Waals surface area (Å²) in [5.41, 5.74) is 4.96. The van der Waals surface area contributed by atoms with Crippen LogP contribution in [0.1, 0.15) is 48.7 Å². The van der Waals surface area contributed by atoms with E-state index < -0.39 is 23.1 Å². The molecule has 1 saturated heterocycles. The fourth-order valence-electron chi connectivity index (χ4n) is 5.43. The minimum Gasteiger partial charge on any atom is -0.348 e. The van der Waals surface area contributed by atoms with Crippen molar-refractivity contribution in [3.63, 3.8) is 0 Å². The number of amides is 2. The Morgan fingerprint density at radius 1 is 0.953 bits per heavy atom. The van der Waals surface area contributed by atoms with Gasteiger partial charge in [-0.25, -0.2) is 8.78 Å². The normalized spacial score (nSPS) is 14.3. The van der Waals surface area contributed by atoms with Gasteiger partial charge in [0.2, 0.25) is 0 Å². The van der Waals surface area contributed by atoms with Crippen molar-refractivity contribution in [1.82, 2.24) is 25.1 Å². The number of pyridine rings is 2. The van der Waals surface area contributed by atoms with E-state index in [1.54, 1.807) is 12.3 Å². The Balaban J connectivity index is 1.15. The highest BCUT2D eigenvalue weighted by Gasteiger charge is 2.23. The van der Waals surface area contributed by atoms with Crippen molar-refractivity contribution in [2.75, 3.05) is 26.2 Å². The van der Waals surface area contributed by atoms with Gasteiger partial charge < -0.3 is 20.1 Å². The van der Waals surface area contributed by atoms with Crippen LogP contribution >= 0.6 is 0 Å². The quantitative estimate of drug-likeness (QED) is 0.348.